The fourth-order valence-electron chi connectivity index (χ4n) is 3.47. The zero-order valence-corrected chi connectivity index (χ0v) is 14.9. The lowest BCUT2D eigenvalue weighted by Crippen LogP contribution is -2.41. The second kappa shape index (κ2) is 6.98. The van der Waals surface area contributed by atoms with Gasteiger partial charge in [-0.05, 0) is 43.6 Å². The van der Waals surface area contributed by atoms with E-state index in [2.05, 4.69) is 37.1 Å². The summed E-state index contributed by atoms with van der Waals surface area (Å²) in [7, 11) is 0. The molecule has 1 fully saturated rings. The molecule has 0 aromatic carbocycles. The van der Waals surface area contributed by atoms with Gasteiger partial charge in [-0.3, -0.25) is 4.98 Å². The summed E-state index contributed by atoms with van der Waals surface area (Å²) in [5.74, 6) is 0.809. The van der Waals surface area contributed by atoms with Gasteiger partial charge in [0, 0.05) is 36.7 Å². The van der Waals surface area contributed by atoms with E-state index in [0.717, 1.165) is 47.6 Å². The van der Waals surface area contributed by atoms with Gasteiger partial charge in [0.15, 0.2) is 5.65 Å². The van der Waals surface area contributed by atoms with Gasteiger partial charge < -0.3 is 15.2 Å². The third-order valence-corrected chi connectivity index (χ3v) is 4.91. The van der Waals surface area contributed by atoms with Crippen LogP contribution < -0.4 is 5.32 Å². The number of H-pyrrole nitrogens is 1. The maximum absolute atomic E-state index is 6.28. The molecule has 0 bridgehead atoms. The van der Waals surface area contributed by atoms with Gasteiger partial charge in [-0.1, -0.05) is 18.5 Å². The van der Waals surface area contributed by atoms with Crippen molar-refractivity contribution in [1.82, 2.24) is 24.8 Å². The predicted octanol–water partition coefficient (Wildman–Crippen LogP) is 3.57. The number of nitrogens with zero attached hydrogens (tertiary/aromatic N) is 4. The Labute approximate surface area is 151 Å². The number of halogens is 1. The van der Waals surface area contributed by atoms with Crippen molar-refractivity contribution in [1.29, 1.82) is 0 Å². The summed E-state index contributed by atoms with van der Waals surface area (Å²) in [6.45, 7) is 5.51. The third-order valence-electron chi connectivity index (χ3n) is 4.72. The van der Waals surface area contributed by atoms with Gasteiger partial charge in [-0.25, -0.2) is 9.97 Å². The molecule has 4 heterocycles. The highest BCUT2D eigenvalue weighted by molar-refractivity contribution is 6.29. The lowest BCUT2D eigenvalue weighted by molar-refractivity contribution is 0.226. The molecule has 2 N–H and O–H groups in total. The number of aromatic nitrogens is 4. The lowest BCUT2D eigenvalue weighted by atomic mass is 10.1. The van der Waals surface area contributed by atoms with Crippen molar-refractivity contribution in [2.45, 2.75) is 25.8 Å². The zero-order valence-electron chi connectivity index (χ0n) is 14.2. The zero-order chi connectivity index (χ0) is 17.2. The molecule has 3 aromatic rings. The van der Waals surface area contributed by atoms with E-state index in [1.54, 1.807) is 12.4 Å². The normalized spacial score (nSPS) is 18.6. The van der Waals surface area contributed by atoms with E-state index in [9.17, 15) is 0 Å². The molecule has 3 aromatic heterocycles. The molecule has 25 heavy (non-hydrogen) atoms. The number of fused-ring (bicyclic) bond motifs is 1. The molecule has 1 aliphatic heterocycles. The van der Waals surface area contributed by atoms with Crippen molar-refractivity contribution in [2.24, 2.45) is 0 Å². The van der Waals surface area contributed by atoms with Gasteiger partial charge >= 0.3 is 0 Å². The van der Waals surface area contributed by atoms with E-state index in [0.29, 0.717) is 11.2 Å². The molecule has 130 valence electrons. The first kappa shape index (κ1) is 16.3. The Kier molecular flexibility index (Phi) is 4.55. The number of hydrogen-bond acceptors (Lipinski definition) is 5. The first-order valence-corrected chi connectivity index (χ1v) is 9.05. The first-order chi connectivity index (χ1) is 12.2. The van der Waals surface area contributed by atoms with Crippen LogP contribution >= 0.6 is 11.6 Å². The Balaban J connectivity index is 1.63. The third kappa shape index (κ3) is 3.45. The molecule has 1 saturated heterocycles. The summed E-state index contributed by atoms with van der Waals surface area (Å²) >= 11 is 6.28. The number of hydrogen-bond donors (Lipinski definition) is 2. The van der Waals surface area contributed by atoms with E-state index in [4.69, 9.17) is 11.6 Å². The van der Waals surface area contributed by atoms with E-state index < -0.39 is 0 Å². The van der Waals surface area contributed by atoms with Crippen LogP contribution in [0.3, 0.4) is 0 Å². The number of likely N-dealkylation sites (tertiary alicyclic amines) is 1. The summed E-state index contributed by atoms with van der Waals surface area (Å²) in [6.07, 6.45) is 7.65. The van der Waals surface area contributed by atoms with Gasteiger partial charge in [0.25, 0.3) is 0 Å². The Hall–Kier alpha value is -2.18. The summed E-state index contributed by atoms with van der Waals surface area (Å²) in [6, 6.07) is 4.30. The average molecular weight is 357 g/mol. The number of anilines is 1. The molecular formula is C18H21ClN6. The highest BCUT2D eigenvalue weighted by Crippen LogP contribution is 2.30. The highest BCUT2D eigenvalue weighted by atomic mass is 35.5. The molecule has 0 radical (unpaired) electrons. The largest absolute Gasteiger partial charge is 0.366 e. The van der Waals surface area contributed by atoms with Crippen molar-refractivity contribution in [3.05, 3.63) is 35.9 Å². The minimum Gasteiger partial charge on any atom is -0.366 e. The SMILES string of the molecule is CCN1CCCC(Nc2cc(-c3c[nH]c4nccnc34)cc(Cl)n2)C1. The van der Waals surface area contributed by atoms with Crippen molar-refractivity contribution >= 4 is 28.6 Å². The van der Waals surface area contributed by atoms with Gasteiger partial charge in [0.1, 0.15) is 16.5 Å². The highest BCUT2D eigenvalue weighted by Gasteiger charge is 2.19. The van der Waals surface area contributed by atoms with Crippen LogP contribution in [0.4, 0.5) is 5.82 Å². The quantitative estimate of drug-likeness (QED) is 0.699. The second-order valence-corrected chi connectivity index (χ2v) is 6.78. The maximum atomic E-state index is 6.28. The van der Waals surface area contributed by atoms with Crippen molar-refractivity contribution in [3.63, 3.8) is 0 Å². The summed E-state index contributed by atoms with van der Waals surface area (Å²) in [4.78, 5) is 18.8. The minimum atomic E-state index is 0.398. The molecule has 7 heteroatoms. The Morgan fingerprint density at radius 1 is 1.32 bits per heavy atom. The summed E-state index contributed by atoms with van der Waals surface area (Å²) in [5, 5.41) is 4.03. The lowest BCUT2D eigenvalue weighted by Gasteiger charge is -2.32. The van der Waals surface area contributed by atoms with Gasteiger partial charge in [0.05, 0.1) is 0 Å². The maximum Gasteiger partial charge on any atom is 0.156 e. The van der Waals surface area contributed by atoms with E-state index in [1.165, 1.54) is 13.0 Å². The van der Waals surface area contributed by atoms with Crippen molar-refractivity contribution < 1.29 is 0 Å². The minimum absolute atomic E-state index is 0.398. The Morgan fingerprint density at radius 3 is 3.08 bits per heavy atom. The number of rotatable bonds is 4. The molecule has 0 spiro atoms. The summed E-state index contributed by atoms with van der Waals surface area (Å²) < 4.78 is 0. The Morgan fingerprint density at radius 2 is 2.20 bits per heavy atom. The van der Waals surface area contributed by atoms with Gasteiger partial charge in [-0.15, -0.1) is 0 Å². The number of piperidine rings is 1. The topological polar surface area (TPSA) is 69.7 Å². The molecule has 4 rings (SSSR count). The van der Waals surface area contributed by atoms with E-state index in [1.807, 2.05) is 18.3 Å². The second-order valence-electron chi connectivity index (χ2n) is 6.40. The number of aromatic amines is 1. The summed E-state index contributed by atoms with van der Waals surface area (Å²) in [5.41, 5.74) is 3.57. The fourth-order valence-corrected chi connectivity index (χ4v) is 3.67. The Bertz CT molecular complexity index is 877. The van der Waals surface area contributed by atoms with E-state index >= 15 is 0 Å². The van der Waals surface area contributed by atoms with Crippen LogP contribution in [0, 0.1) is 0 Å². The molecule has 0 saturated carbocycles. The van der Waals surface area contributed by atoms with Gasteiger partial charge in [-0.2, -0.15) is 0 Å². The van der Waals surface area contributed by atoms with Crippen LogP contribution in [-0.4, -0.2) is 50.5 Å². The molecule has 6 nitrogen and oxygen atoms in total. The predicted molar refractivity (Wildman–Crippen MR) is 101 cm³/mol. The van der Waals surface area contributed by atoms with Crippen LogP contribution in [0.15, 0.2) is 30.7 Å². The molecule has 0 aliphatic carbocycles. The van der Waals surface area contributed by atoms with E-state index in [-0.39, 0.29) is 0 Å². The molecule has 1 aliphatic rings. The van der Waals surface area contributed by atoms with Crippen LogP contribution in [0.2, 0.25) is 5.15 Å². The monoisotopic (exact) mass is 356 g/mol. The van der Waals surface area contributed by atoms with Crippen molar-refractivity contribution in [3.8, 4) is 11.1 Å². The van der Waals surface area contributed by atoms with Crippen LogP contribution in [-0.2, 0) is 0 Å². The molecule has 1 atom stereocenters. The van der Waals surface area contributed by atoms with Crippen LogP contribution in [0.1, 0.15) is 19.8 Å². The van der Waals surface area contributed by atoms with Crippen LogP contribution in [0.5, 0.6) is 0 Å². The molecule has 0 amide bonds. The standard InChI is InChI=1S/C18H21ClN6/c1-2-25-7-3-4-13(11-25)23-16-9-12(8-15(19)24-16)14-10-22-18-17(14)20-5-6-21-18/h5-6,8-10,13H,2-4,7,11H2,1H3,(H,21,22)(H,23,24). The fraction of sp³-hybridized carbons (Fsp3) is 0.389. The van der Waals surface area contributed by atoms with Gasteiger partial charge in [0.2, 0.25) is 0 Å². The van der Waals surface area contributed by atoms with Crippen molar-refractivity contribution in [2.75, 3.05) is 25.0 Å². The number of likely N-dealkylation sites (N-methyl/N-ethyl adjacent to an activating group) is 1. The van der Waals surface area contributed by atoms with Crippen LogP contribution in [0.25, 0.3) is 22.3 Å². The molecular weight excluding hydrogens is 336 g/mol. The molecule has 1 unspecified atom stereocenters. The number of nitrogens with one attached hydrogen (secondary N) is 2. The number of pyridine rings is 1. The average Bonchev–Trinajstić information content (AvgIpc) is 3.05. The smallest absolute Gasteiger partial charge is 0.156 e. The first-order valence-electron chi connectivity index (χ1n) is 8.68.